The molecule has 0 aliphatic heterocycles. The molecule has 0 saturated carbocycles. The maximum Gasteiger partial charge on any atom is 0.282 e. The monoisotopic (exact) mass is 445 g/mol. The normalized spacial score (nSPS) is 11.3. The fourth-order valence-electron chi connectivity index (χ4n) is 2.99. The topological polar surface area (TPSA) is 64.7 Å². The number of alkyl halides is 2. The van der Waals surface area contributed by atoms with Gasteiger partial charge in [-0.25, -0.2) is 13.5 Å². The van der Waals surface area contributed by atoms with E-state index >= 15 is 0 Å². The van der Waals surface area contributed by atoms with Crippen LogP contribution < -0.4 is 5.32 Å². The number of nitrogens with one attached hydrogen (secondary N) is 1. The standard InChI is InChI=1S/C19H14BrF2N5O/c1-26-10-13(17(25-26)18(21)22)19(28)24-14-4-2-3-5-16(14)27-15-7-6-12(20)8-11(15)9-23-27/h2-10,18H,1H3,(H,24,28). The molecule has 2 aromatic heterocycles. The Bertz CT molecular complexity index is 1180. The molecule has 9 heteroatoms. The summed E-state index contributed by atoms with van der Waals surface area (Å²) in [6, 6.07) is 12.8. The molecular formula is C19H14BrF2N5O. The van der Waals surface area contributed by atoms with Crippen molar-refractivity contribution in [2.24, 2.45) is 7.05 Å². The molecule has 0 unspecified atom stereocenters. The van der Waals surface area contributed by atoms with Crippen molar-refractivity contribution in [1.82, 2.24) is 19.6 Å². The Morgan fingerprint density at radius 1 is 1.21 bits per heavy atom. The number of benzene rings is 2. The number of fused-ring (bicyclic) bond motifs is 1. The van der Waals surface area contributed by atoms with Crippen molar-refractivity contribution in [3.8, 4) is 5.69 Å². The van der Waals surface area contributed by atoms with Gasteiger partial charge < -0.3 is 5.32 Å². The Labute approximate surface area is 166 Å². The lowest BCUT2D eigenvalue weighted by Gasteiger charge is -2.12. The quantitative estimate of drug-likeness (QED) is 0.494. The van der Waals surface area contributed by atoms with Gasteiger partial charge in [-0.2, -0.15) is 10.2 Å². The van der Waals surface area contributed by atoms with Gasteiger partial charge in [-0.3, -0.25) is 9.48 Å². The number of amides is 1. The van der Waals surface area contributed by atoms with E-state index in [4.69, 9.17) is 0 Å². The van der Waals surface area contributed by atoms with E-state index in [2.05, 4.69) is 31.4 Å². The number of aryl methyl sites for hydroxylation is 1. The van der Waals surface area contributed by atoms with Crippen LogP contribution in [0.2, 0.25) is 0 Å². The highest BCUT2D eigenvalue weighted by molar-refractivity contribution is 9.10. The van der Waals surface area contributed by atoms with Crippen molar-refractivity contribution in [2.45, 2.75) is 6.43 Å². The summed E-state index contributed by atoms with van der Waals surface area (Å²) >= 11 is 3.43. The molecule has 0 atom stereocenters. The van der Waals surface area contributed by atoms with Gasteiger partial charge in [0.15, 0.2) is 0 Å². The number of anilines is 1. The van der Waals surface area contributed by atoms with Crippen molar-refractivity contribution in [1.29, 1.82) is 0 Å². The summed E-state index contributed by atoms with van der Waals surface area (Å²) in [4.78, 5) is 12.6. The third kappa shape index (κ3) is 3.29. The first kappa shape index (κ1) is 18.3. The van der Waals surface area contributed by atoms with Crippen molar-refractivity contribution in [3.63, 3.8) is 0 Å². The summed E-state index contributed by atoms with van der Waals surface area (Å²) in [6.07, 6.45) is 0.153. The Morgan fingerprint density at radius 2 is 2.00 bits per heavy atom. The molecule has 0 fully saturated rings. The minimum Gasteiger partial charge on any atom is -0.320 e. The van der Waals surface area contributed by atoms with Gasteiger partial charge in [0.1, 0.15) is 5.69 Å². The Kier molecular flexibility index (Phi) is 4.68. The Balaban J connectivity index is 1.74. The summed E-state index contributed by atoms with van der Waals surface area (Å²) < 4.78 is 30.2. The summed E-state index contributed by atoms with van der Waals surface area (Å²) in [7, 11) is 1.49. The summed E-state index contributed by atoms with van der Waals surface area (Å²) in [5, 5.41) is 11.7. The van der Waals surface area contributed by atoms with E-state index in [1.54, 1.807) is 29.1 Å². The zero-order valence-corrected chi connectivity index (χ0v) is 16.2. The summed E-state index contributed by atoms with van der Waals surface area (Å²) in [5.41, 5.74) is 1.20. The molecule has 4 aromatic rings. The van der Waals surface area contributed by atoms with Gasteiger partial charge in [0.05, 0.1) is 28.7 Å². The number of para-hydroxylation sites is 2. The Morgan fingerprint density at radius 3 is 2.79 bits per heavy atom. The molecule has 0 spiro atoms. The van der Waals surface area contributed by atoms with Crippen LogP contribution in [-0.2, 0) is 7.05 Å². The number of hydrogen-bond acceptors (Lipinski definition) is 3. The first-order valence-corrected chi connectivity index (χ1v) is 9.09. The summed E-state index contributed by atoms with van der Waals surface area (Å²) in [6.45, 7) is 0. The van der Waals surface area contributed by atoms with E-state index in [0.717, 1.165) is 15.4 Å². The molecule has 0 bridgehead atoms. The van der Waals surface area contributed by atoms with Crippen molar-refractivity contribution >= 4 is 38.4 Å². The van der Waals surface area contributed by atoms with Gasteiger partial charge in [-0.05, 0) is 30.3 Å². The average Bonchev–Trinajstić information content (AvgIpc) is 3.25. The maximum absolute atomic E-state index is 13.2. The number of hydrogen-bond donors (Lipinski definition) is 1. The maximum atomic E-state index is 13.2. The van der Waals surface area contributed by atoms with E-state index in [-0.39, 0.29) is 5.56 Å². The lowest BCUT2D eigenvalue weighted by atomic mass is 10.2. The fraction of sp³-hybridized carbons (Fsp3) is 0.105. The van der Waals surface area contributed by atoms with Crippen molar-refractivity contribution in [2.75, 3.05) is 5.32 Å². The van der Waals surface area contributed by atoms with Crippen LogP contribution in [-0.4, -0.2) is 25.5 Å². The van der Waals surface area contributed by atoms with E-state index in [9.17, 15) is 13.6 Å². The van der Waals surface area contributed by atoms with Crippen LogP contribution in [0.1, 0.15) is 22.5 Å². The van der Waals surface area contributed by atoms with Crippen LogP contribution in [0, 0.1) is 0 Å². The van der Waals surface area contributed by atoms with Crippen LogP contribution in [0.15, 0.2) is 59.3 Å². The van der Waals surface area contributed by atoms with E-state index < -0.39 is 18.0 Å². The van der Waals surface area contributed by atoms with Crippen molar-refractivity contribution in [3.05, 3.63) is 70.6 Å². The van der Waals surface area contributed by atoms with E-state index in [1.807, 2.05) is 24.3 Å². The minimum atomic E-state index is -2.84. The molecule has 2 heterocycles. The van der Waals surface area contributed by atoms with Crippen LogP contribution >= 0.6 is 15.9 Å². The first-order chi connectivity index (χ1) is 13.4. The number of carbonyl (C=O) groups is 1. The van der Waals surface area contributed by atoms with E-state index in [1.165, 1.54) is 17.9 Å². The van der Waals surface area contributed by atoms with Gasteiger partial charge in [0.2, 0.25) is 0 Å². The summed E-state index contributed by atoms with van der Waals surface area (Å²) in [5.74, 6) is -0.657. The van der Waals surface area contributed by atoms with Crippen LogP contribution in [0.4, 0.5) is 14.5 Å². The number of rotatable bonds is 4. The highest BCUT2D eigenvalue weighted by atomic mass is 79.9. The molecule has 28 heavy (non-hydrogen) atoms. The van der Waals surface area contributed by atoms with Gasteiger partial charge in [-0.15, -0.1) is 0 Å². The largest absolute Gasteiger partial charge is 0.320 e. The molecule has 0 saturated heterocycles. The SMILES string of the molecule is Cn1cc(C(=O)Nc2ccccc2-n2ncc3cc(Br)ccc32)c(C(F)F)n1. The van der Waals surface area contributed by atoms with Crippen LogP contribution in [0.25, 0.3) is 16.6 Å². The average molecular weight is 446 g/mol. The van der Waals surface area contributed by atoms with Crippen LogP contribution in [0.3, 0.4) is 0 Å². The zero-order chi connectivity index (χ0) is 19.8. The predicted octanol–water partition coefficient (Wildman–Crippen LogP) is 4.71. The van der Waals surface area contributed by atoms with Gasteiger partial charge in [0.25, 0.3) is 12.3 Å². The molecular weight excluding hydrogens is 432 g/mol. The second-order valence-corrected chi connectivity index (χ2v) is 7.05. The van der Waals surface area contributed by atoms with E-state index in [0.29, 0.717) is 11.4 Å². The number of halogens is 3. The minimum absolute atomic E-state index is 0.165. The molecule has 4 rings (SSSR count). The Hall–Kier alpha value is -3.07. The molecule has 6 nitrogen and oxygen atoms in total. The van der Waals surface area contributed by atoms with Crippen molar-refractivity contribution < 1.29 is 13.6 Å². The van der Waals surface area contributed by atoms with Gasteiger partial charge in [0, 0.05) is 23.1 Å². The molecule has 0 aliphatic rings. The second-order valence-electron chi connectivity index (χ2n) is 6.13. The highest BCUT2D eigenvalue weighted by Gasteiger charge is 2.23. The van der Waals surface area contributed by atoms with Gasteiger partial charge in [-0.1, -0.05) is 28.1 Å². The molecule has 0 aliphatic carbocycles. The third-order valence-electron chi connectivity index (χ3n) is 4.22. The fourth-order valence-corrected chi connectivity index (χ4v) is 3.37. The third-order valence-corrected chi connectivity index (χ3v) is 4.71. The first-order valence-electron chi connectivity index (χ1n) is 8.30. The predicted molar refractivity (Wildman–Crippen MR) is 105 cm³/mol. The molecule has 1 N–H and O–H groups in total. The molecule has 1 amide bonds. The second kappa shape index (κ2) is 7.16. The lowest BCUT2D eigenvalue weighted by molar-refractivity contribution is 0.101. The van der Waals surface area contributed by atoms with Crippen LogP contribution in [0.5, 0.6) is 0 Å². The molecule has 0 radical (unpaired) electrons. The zero-order valence-electron chi connectivity index (χ0n) is 14.6. The molecule has 2 aromatic carbocycles. The number of carbonyl (C=O) groups excluding carboxylic acids is 1. The number of aromatic nitrogens is 4. The number of nitrogens with zero attached hydrogens (tertiary/aromatic N) is 4. The smallest absolute Gasteiger partial charge is 0.282 e. The molecule has 142 valence electrons. The highest BCUT2D eigenvalue weighted by Crippen LogP contribution is 2.27. The van der Waals surface area contributed by atoms with Gasteiger partial charge >= 0.3 is 0 Å². The lowest BCUT2D eigenvalue weighted by Crippen LogP contribution is -2.15.